The van der Waals surface area contributed by atoms with Crippen molar-refractivity contribution < 1.29 is 0 Å². The molecule has 62 valence electrons. The first-order valence-corrected chi connectivity index (χ1v) is 4.58. The van der Waals surface area contributed by atoms with Crippen LogP contribution in [0.3, 0.4) is 0 Å². The van der Waals surface area contributed by atoms with E-state index in [4.69, 9.17) is 0 Å². The third-order valence-electron chi connectivity index (χ3n) is 2.01. The summed E-state index contributed by atoms with van der Waals surface area (Å²) >= 11 is 3.55. The molecule has 0 aromatic carbocycles. The number of halogens is 1. The van der Waals surface area contributed by atoms with Crippen LogP contribution in [0.15, 0.2) is 16.9 Å². The number of hydrogen-bond acceptors (Lipinski definition) is 1. The van der Waals surface area contributed by atoms with E-state index in [0.29, 0.717) is 0 Å². The first-order chi connectivity index (χ1) is 5.70. The van der Waals surface area contributed by atoms with Gasteiger partial charge in [0, 0.05) is 22.3 Å². The summed E-state index contributed by atoms with van der Waals surface area (Å²) in [6, 6.07) is 0. The highest BCUT2D eigenvalue weighted by atomic mass is 79.9. The van der Waals surface area contributed by atoms with Crippen LogP contribution in [0.4, 0.5) is 0 Å². The maximum atomic E-state index is 4.28. The Bertz CT molecular complexity index is 431. The van der Waals surface area contributed by atoms with Gasteiger partial charge < -0.3 is 4.98 Å². The summed E-state index contributed by atoms with van der Waals surface area (Å²) in [5.41, 5.74) is 3.35. The molecule has 2 heterocycles. The highest BCUT2D eigenvalue weighted by Crippen LogP contribution is 2.27. The molecule has 0 spiro atoms. The predicted octanol–water partition coefficient (Wildman–Crippen LogP) is 2.94. The normalized spacial score (nSPS) is 10.9. The van der Waals surface area contributed by atoms with Gasteiger partial charge in [-0.2, -0.15) is 0 Å². The molecule has 2 aromatic rings. The van der Waals surface area contributed by atoms with E-state index in [-0.39, 0.29) is 0 Å². The van der Waals surface area contributed by atoms with E-state index in [9.17, 15) is 0 Å². The molecule has 1 N–H and O–H groups in total. The van der Waals surface area contributed by atoms with Gasteiger partial charge in [0.15, 0.2) is 0 Å². The summed E-state index contributed by atoms with van der Waals surface area (Å²) in [6.45, 7) is 4.12. The predicted molar refractivity (Wildman–Crippen MR) is 53.3 cm³/mol. The molecule has 0 aliphatic carbocycles. The summed E-state index contributed by atoms with van der Waals surface area (Å²) < 4.78 is 1.14. The molecule has 0 radical (unpaired) electrons. The van der Waals surface area contributed by atoms with Crippen LogP contribution in [-0.4, -0.2) is 9.97 Å². The number of rotatable bonds is 0. The van der Waals surface area contributed by atoms with Gasteiger partial charge in [0.25, 0.3) is 0 Å². The van der Waals surface area contributed by atoms with Crippen LogP contribution in [0, 0.1) is 13.8 Å². The molecular formula is C9H9BrN2. The van der Waals surface area contributed by atoms with Gasteiger partial charge in [-0.1, -0.05) is 0 Å². The number of H-pyrrole nitrogens is 1. The molecule has 0 saturated heterocycles. The van der Waals surface area contributed by atoms with Crippen molar-refractivity contribution in [2.24, 2.45) is 0 Å². The lowest BCUT2D eigenvalue weighted by Crippen LogP contribution is -1.82. The molecule has 2 rings (SSSR count). The quantitative estimate of drug-likeness (QED) is 0.733. The number of nitrogens with one attached hydrogen (secondary N) is 1. The fourth-order valence-corrected chi connectivity index (χ4v) is 1.90. The highest BCUT2D eigenvalue weighted by Gasteiger charge is 2.06. The zero-order valence-corrected chi connectivity index (χ0v) is 8.57. The Morgan fingerprint density at radius 1 is 1.33 bits per heavy atom. The molecule has 3 heteroatoms. The second-order valence-electron chi connectivity index (χ2n) is 2.95. The summed E-state index contributed by atoms with van der Waals surface area (Å²) in [5.74, 6) is 0. The zero-order chi connectivity index (χ0) is 8.72. The fraction of sp³-hybridized carbons (Fsp3) is 0.222. The van der Waals surface area contributed by atoms with Crippen molar-refractivity contribution in [2.45, 2.75) is 13.8 Å². The number of pyridine rings is 1. The van der Waals surface area contributed by atoms with Gasteiger partial charge in [0.1, 0.15) is 5.65 Å². The van der Waals surface area contributed by atoms with E-state index in [1.807, 2.05) is 19.3 Å². The van der Waals surface area contributed by atoms with Crippen LogP contribution < -0.4 is 0 Å². The van der Waals surface area contributed by atoms with Crippen molar-refractivity contribution in [3.05, 3.63) is 28.0 Å². The van der Waals surface area contributed by atoms with Gasteiger partial charge in [-0.15, -0.1) is 0 Å². The monoisotopic (exact) mass is 224 g/mol. The van der Waals surface area contributed by atoms with Crippen molar-refractivity contribution in [1.29, 1.82) is 0 Å². The minimum Gasteiger partial charge on any atom is -0.346 e. The molecular weight excluding hydrogens is 216 g/mol. The molecule has 0 aliphatic rings. The molecule has 2 nitrogen and oxygen atoms in total. The smallest absolute Gasteiger partial charge is 0.138 e. The van der Waals surface area contributed by atoms with Crippen LogP contribution in [0.1, 0.15) is 11.1 Å². The van der Waals surface area contributed by atoms with E-state index < -0.39 is 0 Å². The third-order valence-corrected chi connectivity index (χ3v) is 3.03. The first kappa shape index (κ1) is 7.80. The molecule has 2 aromatic heterocycles. The summed E-state index contributed by atoms with van der Waals surface area (Å²) in [6.07, 6.45) is 3.84. The number of aryl methyl sites for hydroxylation is 2. The second-order valence-corrected chi connectivity index (χ2v) is 3.74. The zero-order valence-electron chi connectivity index (χ0n) is 6.98. The maximum absolute atomic E-state index is 4.28. The van der Waals surface area contributed by atoms with Crippen molar-refractivity contribution in [3.63, 3.8) is 0 Å². The lowest BCUT2D eigenvalue weighted by molar-refractivity contribution is 1.27. The lowest BCUT2D eigenvalue weighted by atomic mass is 10.2. The van der Waals surface area contributed by atoms with Gasteiger partial charge >= 0.3 is 0 Å². The Labute approximate surface area is 79.1 Å². The molecule has 12 heavy (non-hydrogen) atoms. The van der Waals surface area contributed by atoms with Gasteiger partial charge in [-0.25, -0.2) is 4.98 Å². The van der Waals surface area contributed by atoms with E-state index >= 15 is 0 Å². The molecule has 0 atom stereocenters. The second kappa shape index (κ2) is 2.59. The summed E-state index contributed by atoms with van der Waals surface area (Å²) in [5, 5.41) is 1.19. The Kier molecular flexibility index (Phi) is 1.68. The minimum atomic E-state index is 0.949. The lowest BCUT2D eigenvalue weighted by Gasteiger charge is -1.98. The van der Waals surface area contributed by atoms with Crippen LogP contribution in [0.25, 0.3) is 11.0 Å². The first-order valence-electron chi connectivity index (χ1n) is 3.79. The average Bonchev–Trinajstić information content (AvgIpc) is 2.41. The third kappa shape index (κ3) is 0.966. The highest BCUT2D eigenvalue weighted by molar-refractivity contribution is 9.10. The van der Waals surface area contributed by atoms with Crippen LogP contribution in [-0.2, 0) is 0 Å². The Hall–Kier alpha value is -0.830. The van der Waals surface area contributed by atoms with Gasteiger partial charge in [0.05, 0.1) is 0 Å². The average molecular weight is 225 g/mol. The number of hydrogen-bond donors (Lipinski definition) is 1. The molecule has 0 saturated carbocycles. The van der Waals surface area contributed by atoms with Gasteiger partial charge in [-0.3, -0.25) is 0 Å². The van der Waals surface area contributed by atoms with Crippen molar-refractivity contribution in [1.82, 2.24) is 9.97 Å². The van der Waals surface area contributed by atoms with E-state index in [0.717, 1.165) is 10.1 Å². The Morgan fingerprint density at radius 2 is 2.08 bits per heavy atom. The van der Waals surface area contributed by atoms with Crippen molar-refractivity contribution >= 4 is 27.0 Å². The fourth-order valence-electron chi connectivity index (χ4n) is 1.30. The summed E-state index contributed by atoms with van der Waals surface area (Å²) in [7, 11) is 0. The standard InChI is InChI=1S/C9H9BrN2/c1-5-3-11-9-7(5)8(10)6(2)4-12-9/h3-4H,1-2H3,(H,11,12). The van der Waals surface area contributed by atoms with E-state index in [2.05, 4.69) is 32.8 Å². The van der Waals surface area contributed by atoms with Crippen LogP contribution in [0.2, 0.25) is 0 Å². The minimum absolute atomic E-state index is 0.949. The topological polar surface area (TPSA) is 28.7 Å². The van der Waals surface area contributed by atoms with Crippen molar-refractivity contribution in [3.8, 4) is 0 Å². The number of nitrogens with zero attached hydrogens (tertiary/aromatic N) is 1. The Morgan fingerprint density at radius 3 is 2.83 bits per heavy atom. The molecule has 0 bridgehead atoms. The largest absolute Gasteiger partial charge is 0.346 e. The SMILES string of the molecule is Cc1cnc2[nH]cc(C)c2c1Br. The number of aromatic nitrogens is 2. The van der Waals surface area contributed by atoms with Crippen LogP contribution >= 0.6 is 15.9 Å². The maximum Gasteiger partial charge on any atom is 0.138 e. The Balaban J connectivity index is 2.96. The van der Waals surface area contributed by atoms with E-state index in [1.165, 1.54) is 16.5 Å². The van der Waals surface area contributed by atoms with E-state index in [1.54, 1.807) is 0 Å². The number of aromatic amines is 1. The van der Waals surface area contributed by atoms with Gasteiger partial charge in [-0.05, 0) is 40.9 Å². The number of fused-ring (bicyclic) bond motifs is 1. The van der Waals surface area contributed by atoms with Crippen LogP contribution in [0.5, 0.6) is 0 Å². The molecule has 0 unspecified atom stereocenters. The van der Waals surface area contributed by atoms with Gasteiger partial charge in [0.2, 0.25) is 0 Å². The molecule has 0 aliphatic heterocycles. The summed E-state index contributed by atoms with van der Waals surface area (Å²) in [4.78, 5) is 7.39. The molecule has 0 fully saturated rings. The molecule has 0 amide bonds. The van der Waals surface area contributed by atoms with Crippen molar-refractivity contribution in [2.75, 3.05) is 0 Å².